The third-order valence-corrected chi connectivity index (χ3v) is 6.37. The van der Waals surface area contributed by atoms with Gasteiger partial charge in [0.15, 0.2) is 0 Å². The standard InChI is InChI=1S/C26H37N5O5/c1-17(2)16-21(22(32)25-29-31(26(35)36-25)15-14-30(3)4)28-24(34)19-12-8-9-13-20(19)27-23(33)18-10-6-5-7-11-18/h5-7,10-11,17,19-21H,8-9,12-16H2,1-4H3,(H,27,33)(H,28,34)/t19-,20+,21?/m1/s1. The maximum absolute atomic E-state index is 13.4. The minimum absolute atomic E-state index is 0.0988. The molecule has 0 bridgehead atoms. The van der Waals surface area contributed by atoms with E-state index in [9.17, 15) is 19.2 Å². The Morgan fingerprint density at radius 2 is 1.83 bits per heavy atom. The molecule has 3 rings (SSSR count). The zero-order valence-electron chi connectivity index (χ0n) is 21.5. The van der Waals surface area contributed by atoms with E-state index < -0.39 is 23.5 Å². The molecule has 1 aliphatic carbocycles. The molecule has 1 aliphatic rings. The molecule has 10 nitrogen and oxygen atoms in total. The number of hydrogen-bond donors (Lipinski definition) is 2. The molecule has 1 heterocycles. The maximum Gasteiger partial charge on any atom is 0.437 e. The van der Waals surface area contributed by atoms with Gasteiger partial charge in [-0.15, -0.1) is 5.10 Å². The molecule has 196 valence electrons. The lowest BCUT2D eigenvalue weighted by molar-refractivity contribution is -0.127. The quantitative estimate of drug-likeness (QED) is 0.453. The third kappa shape index (κ3) is 7.36. The van der Waals surface area contributed by atoms with Crippen LogP contribution < -0.4 is 16.4 Å². The molecule has 1 aromatic carbocycles. The molecule has 1 fully saturated rings. The van der Waals surface area contributed by atoms with Crippen molar-refractivity contribution in [2.24, 2.45) is 11.8 Å². The van der Waals surface area contributed by atoms with Gasteiger partial charge in [0.1, 0.15) is 0 Å². The summed E-state index contributed by atoms with van der Waals surface area (Å²) in [5.74, 6) is -2.41. The summed E-state index contributed by atoms with van der Waals surface area (Å²) in [7, 11) is 3.73. The molecular weight excluding hydrogens is 462 g/mol. The topological polar surface area (TPSA) is 127 Å². The molecule has 2 N–H and O–H groups in total. The molecule has 36 heavy (non-hydrogen) atoms. The lowest BCUT2D eigenvalue weighted by atomic mass is 9.83. The van der Waals surface area contributed by atoms with Crippen LogP contribution in [0.15, 0.2) is 39.5 Å². The Morgan fingerprint density at radius 1 is 1.14 bits per heavy atom. The van der Waals surface area contributed by atoms with Crippen molar-refractivity contribution in [1.82, 2.24) is 25.3 Å². The molecule has 0 saturated heterocycles. The van der Waals surface area contributed by atoms with Crippen molar-refractivity contribution in [1.29, 1.82) is 0 Å². The van der Waals surface area contributed by atoms with Gasteiger partial charge in [0.25, 0.3) is 11.8 Å². The summed E-state index contributed by atoms with van der Waals surface area (Å²) in [6.45, 7) is 4.74. The van der Waals surface area contributed by atoms with Crippen LogP contribution in [0.3, 0.4) is 0 Å². The number of carbonyl (C=O) groups is 3. The lowest BCUT2D eigenvalue weighted by Gasteiger charge is -2.32. The smallest absolute Gasteiger partial charge is 0.384 e. The molecule has 0 radical (unpaired) electrons. The Balaban J connectivity index is 1.73. The fraction of sp³-hybridized carbons (Fsp3) is 0.577. The first-order valence-electron chi connectivity index (χ1n) is 12.6. The van der Waals surface area contributed by atoms with E-state index in [-0.39, 0.29) is 36.2 Å². The van der Waals surface area contributed by atoms with Gasteiger partial charge in [0.2, 0.25) is 11.7 Å². The third-order valence-electron chi connectivity index (χ3n) is 6.37. The second-order valence-corrected chi connectivity index (χ2v) is 10.1. The van der Waals surface area contributed by atoms with Gasteiger partial charge in [-0.3, -0.25) is 14.4 Å². The SMILES string of the molecule is CC(C)CC(NC(=O)[C@@H]1CCCC[C@@H]1NC(=O)c1ccccc1)C(=O)c1nn(CCN(C)C)c(=O)o1. The van der Waals surface area contributed by atoms with Crippen LogP contribution in [-0.4, -0.2) is 65.0 Å². The van der Waals surface area contributed by atoms with Gasteiger partial charge in [-0.2, -0.15) is 4.68 Å². The van der Waals surface area contributed by atoms with Crippen molar-refractivity contribution in [2.75, 3.05) is 20.6 Å². The zero-order valence-corrected chi connectivity index (χ0v) is 21.5. The fourth-order valence-corrected chi connectivity index (χ4v) is 4.43. The first-order chi connectivity index (χ1) is 17.2. The highest BCUT2D eigenvalue weighted by atomic mass is 16.4. The summed E-state index contributed by atoms with van der Waals surface area (Å²) in [5, 5.41) is 9.96. The number of hydrogen-bond acceptors (Lipinski definition) is 7. The van der Waals surface area contributed by atoms with E-state index in [1.165, 1.54) is 0 Å². The van der Waals surface area contributed by atoms with E-state index in [0.717, 1.165) is 17.5 Å². The summed E-state index contributed by atoms with van der Waals surface area (Å²) < 4.78 is 6.26. The number of aromatic nitrogens is 2. The molecule has 0 spiro atoms. The van der Waals surface area contributed by atoms with Crippen LogP contribution in [-0.2, 0) is 11.3 Å². The molecule has 1 unspecified atom stereocenters. The zero-order chi connectivity index (χ0) is 26.2. The predicted molar refractivity (Wildman–Crippen MR) is 135 cm³/mol. The first-order valence-corrected chi connectivity index (χ1v) is 12.6. The average Bonchev–Trinajstić information content (AvgIpc) is 3.22. The Hall–Kier alpha value is -3.27. The van der Waals surface area contributed by atoms with Gasteiger partial charge in [-0.05, 0) is 51.4 Å². The van der Waals surface area contributed by atoms with Crippen LogP contribution in [0.5, 0.6) is 0 Å². The highest BCUT2D eigenvalue weighted by Crippen LogP contribution is 2.26. The summed E-state index contributed by atoms with van der Waals surface area (Å²) >= 11 is 0. The van der Waals surface area contributed by atoms with E-state index in [4.69, 9.17) is 4.42 Å². The molecule has 10 heteroatoms. The normalized spacial score (nSPS) is 18.7. The van der Waals surface area contributed by atoms with Gasteiger partial charge in [-0.25, -0.2) is 4.79 Å². The number of rotatable bonds is 11. The molecule has 2 amide bonds. The van der Waals surface area contributed by atoms with Crippen molar-refractivity contribution in [3.63, 3.8) is 0 Å². The predicted octanol–water partition coefficient (Wildman–Crippen LogP) is 2.10. The van der Waals surface area contributed by atoms with Crippen molar-refractivity contribution >= 4 is 17.6 Å². The summed E-state index contributed by atoms with van der Waals surface area (Å²) in [6, 6.07) is 7.68. The van der Waals surface area contributed by atoms with Crippen LogP contribution in [0.25, 0.3) is 0 Å². The van der Waals surface area contributed by atoms with Crippen molar-refractivity contribution < 1.29 is 18.8 Å². The van der Waals surface area contributed by atoms with Gasteiger partial charge in [0.05, 0.1) is 18.5 Å². The minimum atomic E-state index is -0.884. The largest absolute Gasteiger partial charge is 0.437 e. The van der Waals surface area contributed by atoms with Gasteiger partial charge >= 0.3 is 5.76 Å². The Bertz CT molecular complexity index is 1090. The number of ketones is 1. The van der Waals surface area contributed by atoms with Crippen LogP contribution in [0, 0.1) is 11.8 Å². The van der Waals surface area contributed by atoms with Gasteiger partial charge in [-0.1, -0.05) is 44.9 Å². The van der Waals surface area contributed by atoms with Gasteiger partial charge in [0, 0.05) is 18.2 Å². The Kier molecular flexibility index (Phi) is 9.58. The van der Waals surface area contributed by atoms with E-state index in [1.807, 2.05) is 38.9 Å². The first kappa shape index (κ1) is 27.3. The van der Waals surface area contributed by atoms with Crippen LogP contribution in [0.1, 0.15) is 67.0 Å². The Labute approximate surface area is 211 Å². The summed E-state index contributed by atoms with van der Waals surface area (Å²) in [6.07, 6.45) is 3.44. The second-order valence-electron chi connectivity index (χ2n) is 10.1. The van der Waals surface area contributed by atoms with E-state index in [1.54, 1.807) is 24.3 Å². The number of likely N-dealkylation sites (N-methyl/N-ethyl adjacent to an activating group) is 1. The highest BCUT2D eigenvalue weighted by Gasteiger charge is 2.35. The summed E-state index contributed by atoms with van der Waals surface area (Å²) in [4.78, 5) is 53.4. The Morgan fingerprint density at radius 3 is 2.50 bits per heavy atom. The van der Waals surface area contributed by atoms with Gasteiger partial charge < -0.3 is 20.0 Å². The van der Waals surface area contributed by atoms with Crippen molar-refractivity contribution in [3.8, 4) is 0 Å². The minimum Gasteiger partial charge on any atom is -0.384 e. The molecule has 2 aromatic rings. The molecule has 1 aromatic heterocycles. The monoisotopic (exact) mass is 499 g/mol. The number of nitrogens with one attached hydrogen (secondary N) is 2. The van der Waals surface area contributed by atoms with Crippen molar-refractivity contribution in [3.05, 3.63) is 52.3 Å². The van der Waals surface area contributed by atoms with E-state index in [0.29, 0.717) is 31.4 Å². The molecule has 3 atom stereocenters. The number of carbonyl (C=O) groups excluding carboxylic acids is 3. The van der Waals surface area contributed by atoms with Crippen molar-refractivity contribution in [2.45, 2.75) is 64.6 Å². The number of amides is 2. The number of Topliss-reactive ketones (excluding diaryl/α,β-unsaturated/α-hetero) is 1. The van der Waals surface area contributed by atoms with E-state index >= 15 is 0 Å². The number of benzene rings is 1. The molecular formula is C26H37N5O5. The van der Waals surface area contributed by atoms with Crippen LogP contribution in [0.2, 0.25) is 0 Å². The average molecular weight is 500 g/mol. The molecule has 0 aliphatic heterocycles. The molecule has 1 saturated carbocycles. The highest BCUT2D eigenvalue weighted by molar-refractivity contribution is 5.99. The van der Waals surface area contributed by atoms with Crippen LogP contribution in [0.4, 0.5) is 0 Å². The summed E-state index contributed by atoms with van der Waals surface area (Å²) in [5.41, 5.74) is 0.537. The maximum atomic E-state index is 13.4. The fourth-order valence-electron chi connectivity index (χ4n) is 4.43. The second kappa shape index (κ2) is 12.6. The van der Waals surface area contributed by atoms with Crippen LogP contribution >= 0.6 is 0 Å². The lowest BCUT2D eigenvalue weighted by Crippen LogP contribution is -2.52. The number of nitrogens with zero attached hydrogens (tertiary/aromatic N) is 3. The van der Waals surface area contributed by atoms with E-state index in [2.05, 4.69) is 15.7 Å².